The first-order valence-corrected chi connectivity index (χ1v) is 11.8. The first kappa shape index (κ1) is 19.1. The van der Waals surface area contributed by atoms with E-state index in [4.69, 9.17) is 33.2 Å². The number of para-hydroxylation sites is 1. The van der Waals surface area contributed by atoms with E-state index in [1.165, 1.54) is 11.1 Å². The van der Waals surface area contributed by atoms with Crippen molar-refractivity contribution < 1.29 is 0 Å². The van der Waals surface area contributed by atoms with Crippen molar-refractivity contribution >= 4 is 62.2 Å². The minimum absolute atomic E-state index is 0.160. The van der Waals surface area contributed by atoms with E-state index in [-0.39, 0.29) is 10.8 Å². The van der Waals surface area contributed by atoms with Crippen molar-refractivity contribution in [3.8, 4) is 0 Å². The van der Waals surface area contributed by atoms with Crippen molar-refractivity contribution in [3.05, 3.63) is 58.1 Å². The Morgan fingerprint density at radius 2 is 1.63 bits per heavy atom. The highest BCUT2D eigenvalue weighted by Crippen LogP contribution is 2.64. The van der Waals surface area contributed by atoms with Gasteiger partial charge in [0.2, 0.25) is 0 Å². The van der Waals surface area contributed by atoms with E-state index >= 15 is 0 Å². The van der Waals surface area contributed by atoms with Crippen LogP contribution in [-0.4, -0.2) is 59.4 Å². The summed E-state index contributed by atoms with van der Waals surface area (Å²) < 4.78 is 1.03. The Bertz CT molecular complexity index is 1150. The summed E-state index contributed by atoms with van der Waals surface area (Å²) in [4.78, 5) is 14.8. The highest BCUT2D eigenvalue weighted by atomic mass is 79.9. The number of benzene rings is 2. The molecular weight excluding hydrogens is 483 g/mol. The molecule has 4 aliphatic heterocycles. The first-order valence-electron chi connectivity index (χ1n) is 10.2. The number of fused-ring (bicyclic) bond motifs is 2. The van der Waals surface area contributed by atoms with Gasteiger partial charge in [-0.05, 0) is 35.7 Å². The van der Waals surface area contributed by atoms with Gasteiger partial charge < -0.3 is 9.80 Å². The molecule has 2 aromatic carbocycles. The standard InChI is InChI=1S/C23H21BrCl2N4/c1-29-12-19(26)23-15-5-3-4-6-16(15)27-21(23)30(2)11-18(25)22(23)10-13-7-8-14(24)9-17(13)28-20(22)29/h3-9,18-19H,10-12H2,1-2H3/t18-,19+,22+,23+/m0/s1. The number of rotatable bonds is 0. The van der Waals surface area contributed by atoms with Crippen molar-refractivity contribution in [1.82, 2.24) is 9.80 Å². The van der Waals surface area contributed by atoms with Crippen molar-refractivity contribution in [1.29, 1.82) is 0 Å². The van der Waals surface area contributed by atoms with Crippen molar-refractivity contribution in [3.63, 3.8) is 0 Å². The Hall–Kier alpha value is -1.56. The molecule has 0 radical (unpaired) electrons. The van der Waals surface area contributed by atoms with Crippen LogP contribution >= 0.6 is 39.1 Å². The molecule has 4 nitrogen and oxygen atoms in total. The monoisotopic (exact) mass is 502 g/mol. The van der Waals surface area contributed by atoms with E-state index in [9.17, 15) is 0 Å². The molecule has 0 bridgehead atoms. The van der Waals surface area contributed by atoms with Gasteiger partial charge in [0.25, 0.3) is 0 Å². The Labute approximate surface area is 194 Å². The molecule has 2 saturated heterocycles. The molecule has 30 heavy (non-hydrogen) atoms. The number of likely N-dealkylation sites (N-methyl/N-ethyl adjacent to an activating group) is 1. The third-order valence-electron chi connectivity index (χ3n) is 7.35. The summed E-state index contributed by atoms with van der Waals surface area (Å²) in [5, 5.41) is -0.336. The molecule has 0 saturated carbocycles. The molecule has 0 unspecified atom stereocenters. The largest absolute Gasteiger partial charge is 0.361 e. The third-order valence-corrected chi connectivity index (χ3v) is 8.82. The predicted molar refractivity (Wildman–Crippen MR) is 127 cm³/mol. The van der Waals surface area contributed by atoms with Gasteiger partial charge in [0.05, 0.1) is 33.0 Å². The fourth-order valence-corrected chi connectivity index (χ4v) is 7.73. The van der Waals surface area contributed by atoms with Crippen LogP contribution in [0, 0.1) is 5.41 Å². The lowest BCUT2D eigenvalue weighted by molar-refractivity contribution is 0.131. The summed E-state index contributed by atoms with van der Waals surface area (Å²) in [5.74, 6) is 2.06. The first-order chi connectivity index (χ1) is 14.4. The van der Waals surface area contributed by atoms with E-state index < -0.39 is 10.8 Å². The zero-order valence-electron chi connectivity index (χ0n) is 16.7. The molecule has 2 aromatic rings. The molecular formula is C23H21BrCl2N4. The number of piperidine rings is 2. The Kier molecular flexibility index (Phi) is 3.98. The van der Waals surface area contributed by atoms with Crippen LogP contribution in [0.1, 0.15) is 11.1 Å². The van der Waals surface area contributed by atoms with Gasteiger partial charge in [-0.15, -0.1) is 23.2 Å². The molecule has 2 fully saturated rings. The molecule has 0 amide bonds. The third kappa shape index (κ3) is 2.09. The van der Waals surface area contributed by atoms with E-state index in [1.807, 2.05) is 6.07 Å². The summed E-state index contributed by atoms with van der Waals surface area (Å²) in [7, 11) is 4.17. The number of hydrogen-bond donors (Lipinski definition) is 0. The fourth-order valence-electron chi connectivity index (χ4n) is 6.21. The summed E-state index contributed by atoms with van der Waals surface area (Å²) in [6.07, 6.45) is 0.789. The van der Waals surface area contributed by atoms with Gasteiger partial charge in [0, 0.05) is 31.7 Å². The second-order valence-electron chi connectivity index (χ2n) is 8.81. The maximum Gasteiger partial charge on any atom is 0.118 e. The van der Waals surface area contributed by atoms with E-state index in [0.29, 0.717) is 13.1 Å². The normalized spacial score (nSPS) is 33.6. The van der Waals surface area contributed by atoms with Crippen LogP contribution in [0.4, 0.5) is 11.4 Å². The van der Waals surface area contributed by atoms with Gasteiger partial charge in [-0.1, -0.05) is 40.2 Å². The fraction of sp³-hybridized carbons (Fsp3) is 0.391. The summed E-state index contributed by atoms with van der Waals surface area (Å²) in [5.41, 5.74) is 3.42. The molecule has 7 heteroatoms. The van der Waals surface area contributed by atoms with Gasteiger partial charge in [0.1, 0.15) is 11.7 Å². The number of alkyl halides is 2. The quantitative estimate of drug-likeness (QED) is 0.468. The van der Waals surface area contributed by atoms with Crippen LogP contribution in [-0.2, 0) is 11.8 Å². The van der Waals surface area contributed by atoms with Gasteiger partial charge in [-0.25, -0.2) is 9.98 Å². The smallest absolute Gasteiger partial charge is 0.118 e. The van der Waals surface area contributed by atoms with Crippen LogP contribution in [0.2, 0.25) is 0 Å². The van der Waals surface area contributed by atoms with Gasteiger partial charge in [-0.2, -0.15) is 0 Å². The Balaban J connectivity index is 1.72. The molecule has 2 spiro atoms. The number of likely N-dealkylation sites (tertiary alicyclic amines) is 2. The number of amidine groups is 2. The molecule has 0 aliphatic carbocycles. The lowest BCUT2D eigenvalue weighted by atomic mass is 9.49. The maximum absolute atomic E-state index is 7.33. The minimum Gasteiger partial charge on any atom is -0.361 e. The lowest BCUT2D eigenvalue weighted by Gasteiger charge is -2.64. The number of aliphatic imine (C=N–C) groups is 2. The van der Waals surface area contributed by atoms with Crippen molar-refractivity contribution in [2.24, 2.45) is 15.4 Å². The second-order valence-corrected chi connectivity index (χ2v) is 10.8. The molecule has 6 rings (SSSR count). The summed E-state index contributed by atoms with van der Waals surface area (Å²) >= 11 is 18.3. The Morgan fingerprint density at radius 3 is 2.47 bits per heavy atom. The summed E-state index contributed by atoms with van der Waals surface area (Å²) in [6.45, 7) is 1.40. The molecule has 4 aliphatic rings. The van der Waals surface area contributed by atoms with Crippen molar-refractivity contribution in [2.75, 3.05) is 27.2 Å². The zero-order chi connectivity index (χ0) is 20.8. The average molecular weight is 504 g/mol. The number of nitrogens with zero attached hydrogens (tertiary/aromatic N) is 4. The van der Waals surface area contributed by atoms with E-state index in [2.05, 4.69) is 76.2 Å². The molecule has 4 atom stereocenters. The van der Waals surface area contributed by atoms with Gasteiger partial charge in [0.15, 0.2) is 0 Å². The Morgan fingerprint density at radius 1 is 0.933 bits per heavy atom. The van der Waals surface area contributed by atoms with Gasteiger partial charge >= 0.3 is 0 Å². The van der Waals surface area contributed by atoms with E-state index in [1.54, 1.807) is 0 Å². The highest BCUT2D eigenvalue weighted by Gasteiger charge is 2.73. The van der Waals surface area contributed by atoms with E-state index in [0.717, 1.165) is 33.9 Å². The van der Waals surface area contributed by atoms with Crippen LogP contribution in [0.15, 0.2) is 56.9 Å². The number of hydrogen-bond acceptors (Lipinski definition) is 4. The maximum atomic E-state index is 7.33. The zero-order valence-corrected chi connectivity index (χ0v) is 19.8. The van der Waals surface area contributed by atoms with Crippen LogP contribution in [0.3, 0.4) is 0 Å². The average Bonchev–Trinajstić information content (AvgIpc) is 3.08. The van der Waals surface area contributed by atoms with Gasteiger partial charge in [-0.3, -0.25) is 0 Å². The van der Waals surface area contributed by atoms with Crippen LogP contribution < -0.4 is 0 Å². The van der Waals surface area contributed by atoms with Crippen LogP contribution in [0.5, 0.6) is 0 Å². The van der Waals surface area contributed by atoms with Crippen LogP contribution in [0.25, 0.3) is 0 Å². The minimum atomic E-state index is -0.513. The number of halogens is 3. The summed E-state index contributed by atoms with van der Waals surface area (Å²) in [6, 6.07) is 14.8. The SMILES string of the molecule is CN1C[C@@H](Cl)[C@@]23C(=Nc4ccccc42)N(C)C[C@H](Cl)[C@@]32Cc3ccc(Br)cc3N=C12. The second kappa shape index (κ2) is 6.24. The molecule has 0 aromatic heterocycles. The molecule has 154 valence electrons. The van der Waals surface area contributed by atoms with Crippen molar-refractivity contribution in [2.45, 2.75) is 22.6 Å². The highest BCUT2D eigenvalue weighted by molar-refractivity contribution is 9.10. The lowest BCUT2D eigenvalue weighted by Crippen LogP contribution is -2.77. The molecule has 4 heterocycles. The molecule has 0 N–H and O–H groups in total. The predicted octanol–water partition coefficient (Wildman–Crippen LogP) is 5.11. The topological polar surface area (TPSA) is 31.2 Å².